The Morgan fingerprint density at radius 1 is 1.06 bits per heavy atom. The first-order valence-corrected chi connectivity index (χ1v) is 6.15. The number of rotatable bonds is 7. The van der Waals surface area contributed by atoms with Crippen molar-refractivity contribution in [2.45, 2.75) is 19.8 Å². The molecule has 0 fully saturated rings. The molecule has 18 heavy (non-hydrogen) atoms. The smallest absolute Gasteiger partial charge is 0.203 e. The highest BCUT2D eigenvalue weighted by molar-refractivity contribution is 5.53. The molecule has 0 amide bonds. The summed E-state index contributed by atoms with van der Waals surface area (Å²) in [7, 11) is 4.87. The second-order valence-electron chi connectivity index (χ2n) is 4.42. The van der Waals surface area contributed by atoms with Gasteiger partial charge in [0, 0.05) is 0 Å². The number of benzene rings is 1. The van der Waals surface area contributed by atoms with E-state index in [1.165, 1.54) is 5.56 Å². The van der Waals surface area contributed by atoms with Gasteiger partial charge in [0.2, 0.25) is 5.75 Å². The van der Waals surface area contributed by atoms with Gasteiger partial charge in [0.1, 0.15) is 0 Å². The topological polar surface area (TPSA) is 53.7 Å². The van der Waals surface area contributed by atoms with Crippen LogP contribution in [0.5, 0.6) is 17.2 Å². The molecule has 0 aromatic heterocycles. The molecule has 1 unspecified atom stereocenters. The van der Waals surface area contributed by atoms with Crippen molar-refractivity contribution in [2.24, 2.45) is 11.7 Å². The van der Waals surface area contributed by atoms with Gasteiger partial charge in [0.05, 0.1) is 21.3 Å². The van der Waals surface area contributed by atoms with Crippen LogP contribution in [0.2, 0.25) is 0 Å². The maximum atomic E-state index is 5.57. The van der Waals surface area contributed by atoms with Gasteiger partial charge in [-0.2, -0.15) is 0 Å². The van der Waals surface area contributed by atoms with E-state index in [9.17, 15) is 0 Å². The Balaban J connectivity index is 2.99. The van der Waals surface area contributed by atoms with E-state index in [0.717, 1.165) is 12.8 Å². The van der Waals surface area contributed by atoms with Gasteiger partial charge in [-0.1, -0.05) is 6.92 Å². The summed E-state index contributed by atoms with van der Waals surface area (Å²) >= 11 is 0. The molecule has 0 radical (unpaired) electrons. The molecule has 0 heterocycles. The van der Waals surface area contributed by atoms with E-state index in [2.05, 4.69) is 6.92 Å². The summed E-state index contributed by atoms with van der Waals surface area (Å²) in [5, 5.41) is 0. The summed E-state index contributed by atoms with van der Waals surface area (Å²) in [4.78, 5) is 0. The lowest BCUT2D eigenvalue weighted by Crippen LogP contribution is -2.08. The van der Waals surface area contributed by atoms with Crippen molar-refractivity contribution < 1.29 is 14.2 Å². The molecule has 0 aliphatic heterocycles. The molecule has 0 spiro atoms. The number of nitrogens with two attached hydrogens (primary N) is 1. The predicted octanol–water partition coefficient (Wildman–Crippen LogP) is 2.24. The quantitative estimate of drug-likeness (QED) is 0.809. The first kappa shape index (κ1) is 14.6. The van der Waals surface area contributed by atoms with Gasteiger partial charge in [0.15, 0.2) is 11.5 Å². The molecule has 4 heteroatoms. The fourth-order valence-corrected chi connectivity index (χ4v) is 2.04. The first-order chi connectivity index (χ1) is 8.65. The van der Waals surface area contributed by atoms with Gasteiger partial charge in [0.25, 0.3) is 0 Å². The molecular formula is C14H23NO3. The lowest BCUT2D eigenvalue weighted by atomic mass is 9.97. The lowest BCUT2D eigenvalue weighted by molar-refractivity contribution is 0.323. The Labute approximate surface area is 109 Å². The molecule has 1 aromatic carbocycles. The fourth-order valence-electron chi connectivity index (χ4n) is 2.04. The van der Waals surface area contributed by atoms with Crippen LogP contribution in [0.1, 0.15) is 18.9 Å². The van der Waals surface area contributed by atoms with Crippen LogP contribution >= 0.6 is 0 Å². The average molecular weight is 253 g/mol. The minimum atomic E-state index is 0.540. The van der Waals surface area contributed by atoms with Crippen LogP contribution in [-0.4, -0.2) is 27.9 Å². The van der Waals surface area contributed by atoms with Crippen LogP contribution in [0.4, 0.5) is 0 Å². The van der Waals surface area contributed by atoms with E-state index in [0.29, 0.717) is 29.7 Å². The first-order valence-electron chi connectivity index (χ1n) is 6.15. The summed E-state index contributed by atoms with van der Waals surface area (Å²) in [5.41, 5.74) is 6.74. The molecule has 0 saturated carbocycles. The Kier molecular flexibility index (Phi) is 5.78. The Hall–Kier alpha value is -1.42. The highest BCUT2D eigenvalue weighted by atomic mass is 16.5. The molecule has 4 nitrogen and oxygen atoms in total. The van der Waals surface area contributed by atoms with Crippen molar-refractivity contribution >= 4 is 0 Å². The maximum Gasteiger partial charge on any atom is 0.203 e. The van der Waals surface area contributed by atoms with Crippen LogP contribution < -0.4 is 19.9 Å². The van der Waals surface area contributed by atoms with Gasteiger partial charge in [-0.05, 0) is 43.0 Å². The molecule has 1 atom stereocenters. The Bertz CT molecular complexity index is 354. The van der Waals surface area contributed by atoms with Crippen LogP contribution in [0.15, 0.2) is 12.1 Å². The molecular weight excluding hydrogens is 230 g/mol. The van der Waals surface area contributed by atoms with Gasteiger partial charge >= 0.3 is 0 Å². The van der Waals surface area contributed by atoms with E-state index < -0.39 is 0 Å². The zero-order valence-electron chi connectivity index (χ0n) is 11.7. The van der Waals surface area contributed by atoms with Gasteiger partial charge < -0.3 is 19.9 Å². The van der Waals surface area contributed by atoms with E-state index in [1.54, 1.807) is 21.3 Å². The third-order valence-corrected chi connectivity index (χ3v) is 2.97. The van der Waals surface area contributed by atoms with E-state index in [-0.39, 0.29) is 0 Å². The van der Waals surface area contributed by atoms with Crippen LogP contribution in [-0.2, 0) is 6.42 Å². The van der Waals surface area contributed by atoms with Crippen LogP contribution in [0, 0.1) is 5.92 Å². The highest BCUT2D eigenvalue weighted by Crippen LogP contribution is 2.38. The Morgan fingerprint density at radius 2 is 1.61 bits per heavy atom. The molecule has 0 saturated heterocycles. The molecule has 0 bridgehead atoms. The number of ether oxygens (including phenoxy) is 3. The molecule has 1 aromatic rings. The van der Waals surface area contributed by atoms with Crippen LogP contribution in [0.3, 0.4) is 0 Å². The third-order valence-electron chi connectivity index (χ3n) is 2.97. The standard InChI is InChI=1S/C14H23NO3/c1-10(5-6-15)7-11-8-12(16-2)14(18-4)13(9-11)17-3/h8-10H,5-7,15H2,1-4H3. The molecule has 0 aliphatic carbocycles. The van der Waals surface area contributed by atoms with Crippen molar-refractivity contribution in [1.82, 2.24) is 0 Å². The largest absolute Gasteiger partial charge is 0.493 e. The fraction of sp³-hybridized carbons (Fsp3) is 0.571. The number of methoxy groups -OCH3 is 3. The van der Waals surface area contributed by atoms with Crippen molar-refractivity contribution in [3.05, 3.63) is 17.7 Å². The van der Waals surface area contributed by atoms with Gasteiger partial charge in [-0.25, -0.2) is 0 Å². The molecule has 1 rings (SSSR count). The minimum absolute atomic E-state index is 0.540. The lowest BCUT2D eigenvalue weighted by Gasteiger charge is -2.16. The summed E-state index contributed by atoms with van der Waals surface area (Å²) in [6, 6.07) is 3.99. The molecule has 2 N–H and O–H groups in total. The summed E-state index contributed by atoms with van der Waals surface area (Å²) in [6.07, 6.45) is 1.96. The van der Waals surface area contributed by atoms with Crippen molar-refractivity contribution in [3.63, 3.8) is 0 Å². The van der Waals surface area contributed by atoms with Gasteiger partial charge in [-0.15, -0.1) is 0 Å². The number of hydrogen-bond acceptors (Lipinski definition) is 4. The molecule has 0 aliphatic rings. The summed E-state index contributed by atoms with van der Waals surface area (Å²) in [6.45, 7) is 2.90. The number of hydrogen-bond donors (Lipinski definition) is 1. The third kappa shape index (κ3) is 3.53. The monoisotopic (exact) mass is 253 g/mol. The normalized spacial score (nSPS) is 12.1. The van der Waals surface area contributed by atoms with Crippen molar-refractivity contribution in [2.75, 3.05) is 27.9 Å². The molecule has 102 valence electrons. The summed E-state index contributed by atoms with van der Waals surface area (Å²) in [5.74, 6) is 2.58. The van der Waals surface area contributed by atoms with E-state index in [1.807, 2.05) is 12.1 Å². The van der Waals surface area contributed by atoms with E-state index >= 15 is 0 Å². The average Bonchev–Trinajstić information content (AvgIpc) is 2.37. The summed E-state index contributed by atoms with van der Waals surface area (Å²) < 4.78 is 16.0. The highest BCUT2D eigenvalue weighted by Gasteiger charge is 2.14. The maximum absolute atomic E-state index is 5.57. The second kappa shape index (κ2) is 7.11. The van der Waals surface area contributed by atoms with E-state index in [4.69, 9.17) is 19.9 Å². The zero-order chi connectivity index (χ0) is 13.5. The Morgan fingerprint density at radius 3 is 2.00 bits per heavy atom. The SMILES string of the molecule is COc1cc(CC(C)CCN)cc(OC)c1OC. The second-order valence-corrected chi connectivity index (χ2v) is 4.42. The van der Waals surface area contributed by atoms with Gasteiger partial charge in [-0.3, -0.25) is 0 Å². The van der Waals surface area contributed by atoms with Crippen molar-refractivity contribution in [1.29, 1.82) is 0 Å². The van der Waals surface area contributed by atoms with Crippen molar-refractivity contribution in [3.8, 4) is 17.2 Å². The predicted molar refractivity (Wildman–Crippen MR) is 72.6 cm³/mol. The van der Waals surface area contributed by atoms with Crippen LogP contribution in [0.25, 0.3) is 0 Å². The minimum Gasteiger partial charge on any atom is -0.493 e. The zero-order valence-corrected chi connectivity index (χ0v) is 11.7.